The van der Waals surface area contributed by atoms with E-state index in [1.54, 1.807) is 19.2 Å². The second-order valence-corrected chi connectivity index (χ2v) is 4.43. The predicted octanol–water partition coefficient (Wildman–Crippen LogP) is 3.80. The molecule has 2 rings (SSSR count). The van der Waals surface area contributed by atoms with Crippen LogP contribution in [0, 0.1) is 24.4 Å². The Hall–Kier alpha value is -1.81. The van der Waals surface area contributed by atoms with Crippen LogP contribution in [0.5, 0.6) is 0 Å². The molecule has 2 aromatic carbocycles. The Labute approximate surface area is 110 Å². The second kappa shape index (κ2) is 5.45. The number of benzene rings is 2. The molecule has 100 valence electrons. The number of aryl methyl sites for hydroxylation is 1. The zero-order valence-corrected chi connectivity index (χ0v) is 10.7. The molecule has 0 bridgehead atoms. The fourth-order valence-electron chi connectivity index (χ4n) is 1.96. The van der Waals surface area contributed by atoms with Crippen LogP contribution in [-0.2, 0) is 6.54 Å². The van der Waals surface area contributed by atoms with Crippen molar-refractivity contribution in [2.75, 3.05) is 7.05 Å². The Morgan fingerprint density at radius 2 is 1.58 bits per heavy atom. The summed E-state index contributed by atoms with van der Waals surface area (Å²) in [5, 5.41) is 2.94. The summed E-state index contributed by atoms with van der Waals surface area (Å²) in [6, 6.07) is 6.60. The maximum atomic E-state index is 13.8. The van der Waals surface area contributed by atoms with Crippen molar-refractivity contribution in [1.82, 2.24) is 5.32 Å². The van der Waals surface area contributed by atoms with Gasteiger partial charge in [-0.25, -0.2) is 13.2 Å². The minimum atomic E-state index is -0.761. The Morgan fingerprint density at radius 3 is 2.26 bits per heavy atom. The molecule has 0 unspecified atom stereocenters. The van der Waals surface area contributed by atoms with Gasteiger partial charge in [0.25, 0.3) is 0 Å². The Bertz CT molecular complexity index is 609. The van der Waals surface area contributed by atoms with E-state index in [0.717, 1.165) is 11.6 Å². The van der Waals surface area contributed by atoms with Crippen LogP contribution in [0.15, 0.2) is 30.3 Å². The van der Waals surface area contributed by atoms with Gasteiger partial charge in [0, 0.05) is 23.7 Å². The van der Waals surface area contributed by atoms with Crippen LogP contribution in [0.2, 0.25) is 0 Å². The van der Waals surface area contributed by atoms with Crippen LogP contribution in [0.4, 0.5) is 13.2 Å². The van der Waals surface area contributed by atoms with Gasteiger partial charge >= 0.3 is 0 Å². The lowest BCUT2D eigenvalue weighted by Gasteiger charge is -2.09. The van der Waals surface area contributed by atoms with Crippen LogP contribution >= 0.6 is 0 Å². The molecule has 0 spiro atoms. The highest BCUT2D eigenvalue weighted by Gasteiger charge is 2.13. The van der Waals surface area contributed by atoms with E-state index in [2.05, 4.69) is 5.32 Å². The summed E-state index contributed by atoms with van der Waals surface area (Å²) in [7, 11) is 1.77. The summed E-state index contributed by atoms with van der Waals surface area (Å²) >= 11 is 0. The first-order valence-electron chi connectivity index (χ1n) is 5.92. The van der Waals surface area contributed by atoms with E-state index in [-0.39, 0.29) is 16.7 Å². The van der Waals surface area contributed by atoms with E-state index in [4.69, 9.17) is 0 Å². The molecular weight excluding hydrogens is 251 g/mol. The van der Waals surface area contributed by atoms with Crippen LogP contribution in [-0.4, -0.2) is 7.05 Å². The number of halogens is 3. The normalized spacial score (nSPS) is 10.8. The van der Waals surface area contributed by atoms with Crippen molar-refractivity contribution in [3.63, 3.8) is 0 Å². The van der Waals surface area contributed by atoms with Gasteiger partial charge in [-0.05, 0) is 43.3 Å². The lowest BCUT2D eigenvalue weighted by Crippen LogP contribution is -2.05. The average Bonchev–Trinajstić information content (AvgIpc) is 2.37. The lowest BCUT2D eigenvalue weighted by molar-refractivity contribution is 0.577. The maximum Gasteiger partial charge on any atom is 0.134 e. The van der Waals surface area contributed by atoms with E-state index >= 15 is 0 Å². The van der Waals surface area contributed by atoms with Crippen molar-refractivity contribution in [2.24, 2.45) is 0 Å². The number of nitrogens with one attached hydrogen (secondary N) is 1. The predicted molar refractivity (Wildman–Crippen MR) is 69.3 cm³/mol. The molecule has 0 aliphatic rings. The van der Waals surface area contributed by atoms with Crippen LogP contribution in [0.3, 0.4) is 0 Å². The van der Waals surface area contributed by atoms with Crippen molar-refractivity contribution in [1.29, 1.82) is 0 Å². The molecule has 0 aliphatic carbocycles. The molecular formula is C15H14F3N. The zero-order chi connectivity index (χ0) is 14.0. The van der Waals surface area contributed by atoms with Crippen molar-refractivity contribution in [3.05, 3.63) is 58.9 Å². The molecule has 2 aromatic rings. The zero-order valence-electron chi connectivity index (χ0n) is 10.7. The van der Waals surface area contributed by atoms with Gasteiger partial charge in [0.1, 0.15) is 17.5 Å². The highest BCUT2D eigenvalue weighted by Crippen LogP contribution is 2.28. The van der Waals surface area contributed by atoms with Gasteiger partial charge in [0.2, 0.25) is 0 Å². The first-order valence-corrected chi connectivity index (χ1v) is 5.92. The third kappa shape index (κ3) is 2.79. The molecule has 0 atom stereocenters. The summed E-state index contributed by atoms with van der Waals surface area (Å²) in [6.45, 7) is 2.07. The lowest BCUT2D eigenvalue weighted by atomic mass is 10.00. The van der Waals surface area contributed by atoms with Crippen molar-refractivity contribution < 1.29 is 13.2 Å². The monoisotopic (exact) mass is 265 g/mol. The summed E-state index contributed by atoms with van der Waals surface area (Å²) in [6.07, 6.45) is 0. The van der Waals surface area contributed by atoms with Gasteiger partial charge in [-0.2, -0.15) is 0 Å². The first kappa shape index (κ1) is 13.6. The van der Waals surface area contributed by atoms with E-state index in [1.807, 2.05) is 0 Å². The Kier molecular flexibility index (Phi) is 3.90. The van der Waals surface area contributed by atoms with E-state index < -0.39 is 17.5 Å². The summed E-state index contributed by atoms with van der Waals surface area (Å²) in [4.78, 5) is 0. The fourth-order valence-corrected chi connectivity index (χ4v) is 1.96. The third-order valence-electron chi connectivity index (χ3n) is 2.95. The number of rotatable bonds is 3. The van der Waals surface area contributed by atoms with E-state index in [9.17, 15) is 13.2 Å². The minimum Gasteiger partial charge on any atom is -0.316 e. The first-order chi connectivity index (χ1) is 9.02. The van der Waals surface area contributed by atoms with E-state index in [0.29, 0.717) is 6.54 Å². The van der Waals surface area contributed by atoms with Gasteiger partial charge < -0.3 is 5.32 Å². The quantitative estimate of drug-likeness (QED) is 0.890. The molecule has 4 heteroatoms. The molecule has 0 saturated heterocycles. The van der Waals surface area contributed by atoms with Gasteiger partial charge in [0.15, 0.2) is 0 Å². The molecule has 1 N–H and O–H groups in total. The molecule has 0 saturated carbocycles. The SMILES string of the molecule is CNCc1ccc(F)c(-c2cc(C)c(F)cc2F)c1. The smallest absolute Gasteiger partial charge is 0.134 e. The van der Waals surface area contributed by atoms with Crippen LogP contribution in [0.1, 0.15) is 11.1 Å². The van der Waals surface area contributed by atoms with Crippen LogP contribution in [0.25, 0.3) is 11.1 Å². The largest absolute Gasteiger partial charge is 0.316 e. The maximum absolute atomic E-state index is 13.8. The van der Waals surface area contributed by atoms with Crippen molar-refractivity contribution >= 4 is 0 Å². The van der Waals surface area contributed by atoms with Gasteiger partial charge in [-0.15, -0.1) is 0 Å². The average molecular weight is 265 g/mol. The Morgan fingerprint density at radius 1 is 0.895 bits per heavy atom. The minimum absolute atomic E-state index is 0.0781. The summed E-state index contributed by atoms with van der Waals surface area (Å²) in [5.41, 5.74) is 1.35. The molecule has 0 radical (unpaired) electrons. The fraction of sp³-hybridized carbons (Fsp3) is 0.200. The third-order valence-corrected chi connectivity index (χ3v) is 2.95. The van der Waals surface area contributed by atoms with E-state index in [1.165, 1.54) is 19.1 Å². The molecule has 0 amide bonds. The van der Waals surface area contributed by atoms with Crippen LogP contribution < -0.4 is 5.32 Å². The molecule has 19 heavy (non-hydrogen) atoms. The Balaban J connectivity index is 2.57. The standard InChI is InChI=1S/C15H14F3N/c1-9-5-11(15(18)7-14(9)17)12-6-10(8-19-2)3-4-13(12)16/h3-7,19H,8H2,1-2H3. The van der Waals surface area contributed by atoms with Gasteiger partial charge in [0.05, 0.1) is 0 Å². The summed E-state index contributed by atoms with van der Waals surface area (Å²) in [5.74, 6) is -1.92. The van der Waals surface area contributed by atoms with Crippen molar-refractivity contribution in [2.45, 2.75) is 13.5 Å². The molecule has 0 heterocycles. The van der Waals surface area contributed by atoms with Gasteiger partial charge in [-0.3, -0.25) is 0 Å². The molecule has 0 aliphatic heterocycles. The molecule has 0 fully saturated rings. The molecule has 1 nitrogen and oxygen atoms in total. The summed E-state index contributed by atoms with van der Waals surface area (Å²) < 4.78 is 40.9. The number of hydrogen-bond acceptors (Lipinski definition) is 1. The highest BCUT2D eigenvalue weighted by molar-refractivity contribution is 5.66. The molecule has 0 aromatic heterocycles. The van der Waals surface area contributed by atoms with Crippen molar-refractivity contribution in [3.8, 4) is 11.1 Å². The second-order valence-electron chi connectivity index (χ2n) is 4.43. The topological polar surface area (TPSA) is 12.0 Å². The van der Waals surface area contributed by atoms with Gasteiger partial charge in [-0.1, -0.05) is 6.07 Å². The highest BCUT2D eigenvalue weighted by atomic mass is 19.1. The number of hydrogen-bond donors (Lipinski definition) is 1.